The minimum absolute atomic E-state index is 0.107. The molecule has 4 nitrogen and oxygen atoms in total. The Morgan fingerprint density at radius 1 is 0.407 bits per heavy atom. The van der Waals surface area contributed by atoms with E-state index in [1.807, 2.05) is 0 Å². The molecule has 0 heterocycles. The molecule has 2 saturated carbocycles. The van der Waals surface area contributed by atoms with Gasteiger partial charge in [0.25, 0.3) is 0 Å². The van der Waals surface area contributed by atoms with Crippen molar-refractivity contribution >= 4 is 37.7 Å². The fourth-order valence-electron chi connectivity index (χ4n) is 12.9. The molecule has 0 amide bonds. The van der Waals surface area contributed by atoms with Gasteiger partial charge in [-0.05, 0) is 127 Å². The van der Waals surface area contributed by atoms with Gasteiger partial charge in [-0.15, -0.1) is 11.1 Å². The molecule has 0 aliphatic heterocycles. The SMILES string of the molecule is CC(C)[Si](C#Cc1c2cc3c(cc2c(C#C[Si](C(C)C)(C(C)C)C(C)C)c2cc4c(cc12)[C@@H]1CC[C@H]4[C@H](O)[C@@H]1O)[C@@H]1CC[C@H]3[C@H](O)[C@@H]1O)(C(C)C)C(C)C. The molecule has 0 unspecified atom stereocenters. The maximum Gasteiger partial charge on any atom is 0.146 e. The molecular formula is C48H66O4Si2. The van der Waals surface area contributed by atoms with Crippen molar-refractivity contribution in [2.75, 3.05) is 0 Å². The Kier molecular flexibility index (Phi) is 10.5. The van der Waals surface area contributed by atoms with E-state index >= 15 is 0 Å². The first-order valence-corrected chi connectivity index (χ1v) is 25.8. The molecule has 0 radical (unpaired) electrons. The van der Waals surface area contributed by atoms with E-state index in [0.29, 0.717) is 33.2 Å². The molecule has 4 bridgehead atoms. The second-order valence-corrected chi connectivity index (χ2v) is 30.8. The van der Waals surface area contributed by atoms with Gasteiger partial charge in [0.15, 0.2) is 0 Å². The number of fused-ring (bicyclic) bond motifs is 6. The molecule has 290 valence electrons. The van der Waals surface area contributed by atoms with Gasteiger partial charge < -0.3 is 20.4 Å². The molecule has 4 N–H and O–H groups in total. The highest BCUT2D eigenvalue weighted by Gasteiger charge is 2.48. The first-order valence-electron chi connectivity index (χ1n) is 21.3. The van der Waals surface area contributed by atoms with Crippen LogP contribution in [0.1, 0.15) is 166 Å². The summed E-state index contributed by atoms with van der Waals surface area (Å²) in [6.07, 6.45) is 0.409. The van der Waals surface area contributed by atoms with Crippen molar-refractivity contribution < 1.29 is 20.4 Å². The zero-order valence-electron chi connectivity index (χ0n) is 35.0. The van der Waals surface area contributed by atoms with Crippen LogP contribution in [0.3, 0.4) is 0 Å². The lowest BCUT2D eigenvalue weighted by Gasteiger charge is -2.46. The maximum absolute atomic E-state index is 11.3. The molecule has 2 fully saturated rings. The van der Waals surface area contributed by atoms with Crippen LogP contribution in [0.5, 0.6) is 0 Å². The zero-order chi connectivity index (χ0) is 39.3. The van der Waals surface area contributed by atoms with Gasteiger partial charge in [-0.25, -0.2) is 0 Å². The number of hydrogen-bond acceptors (Lipinski definition) is 4. The van der Waals surface area contributed by atoms with E-state index in [1.165, 1.54) is 0 Å². The Hall–Kier alpha value is -2.43. The molecule has 0 spiro atoms. The highest BCUT2D eigenvalue weighted by Crippen LogP contribution is 2.54. The van der Waals surface area contributed by atoms with Crippen molar-refractivity contribution in [1.29, 1.82) is 0 Å². The van der Waals surface area contributed by atoms with Gasteiger partial charge in [-0.1, -0.05) is 94.9 Å². The van der Waals surface area contributed by atoms with Crippen molar-refractivity contribution in [1.82, 2.24) is 0 Å². The van der Waals surface area contributed by atoms with Gasteiger partial charge in [0, 0.05) is 34.8 Å². The van der Waals surface area contributed by atoms with Gasteiger partial charge in [0.05, 0.1) is 24.4 Å². The third-order valence-corrected chi connectivity index (χ3v) is 28.2. The fraction of sp³-hybridized carbons (Fsp3) is 0.625. The molecule has 0 saturated heterocycles. The second-order valence-electron chi connectivity index (χ2n) is 19.6. The van der Waals surface area contributed by atoms with E-state index in [2.05, 4.69) is 130 Å². The fourth-order valence-corrected chi connectivity index (χ4v) is 23.3. The number of hydrogen-bond donors (Lipinski definition) is 4. The van der Waals surface area contributed by atoms with E-state index in [-0.39, 0.29) is 23.7 Å². The van der Waals surface area contributed by atoms with Crippen molar-refractivity contribution in [3.05, 3.63) is 57.6 Å². The summed E-state index contributed by atoms with van der Waals surface area (Å²) in [6.45, 7) is 28.4. The van der Waals surface area contributed by atoms with Gasteiger partial charge in [-0.3, -0.25) is 0 Å². The highest BCUT2D eigenvalue weighted by molar-refractivity contribution is 6.91. The Balaban J connectivity index is 1.67. The predicted molar refractivity (Wildman–Crippen MR) is 231 cm³/mol. The first-order chi connectivity index (χ1) is 25.4. The number of rotatable bonds is 6. The summed E-state index contributed by atoms with van der Waals surface area (Å²) in [4.78, 5) is 0. The van der Waals surface area contributed by atoms with Crippen molar-refractivity contribution in [2.24, 2.45) is 0 Å². The minimum Gasteiger partial charge on any atom is -0.390 e. The van der Waals surface area contributed by atoms with Crippen LogP contribution >= 0.6 is 0 Å². The lowest BCUT2D eigenvalue weighted by molar-refractivity contribution is -0.0460. The number of benzene rings is 3. The molecule has 6 aliphatic carbocycles. The van der Waals surface area contributed by atoms with Crippen molar-refractivity contribution in [3.63, 3.8) is 0 Å². The molecule has 6 heteroatoms. The third-order valence-electron chi connectivity index (χ3n) is 15.6. The van der Waals surface area contributed by atoms with Crippen LogP contribution in [0.4, 0.5) is 0 Å². The van der Waals surface area contributed by atoms with E-state index in [0.717, 1.165) is 80.6 Å². The summed E-state index contributed by atoms with van der Waals surface area (Å²) in [5.74, 6) is 7.49. The largest absolute Gasteiger partial charge is 0.390 e. The van der Waals surface area contributed by atoms with Crippen LogP contribution in [0.15, 0.2) is 24.3 Å². The topological polar surface area (TPSA) is 80.9 Å². The molecule has 0 aromatic heterocycles. The third kappa shape index (κ3) is 5.67. The van der Waals surface area contributed by atoms with E-state index < -0.39 is 40.6 Å². The van der Waals surface area contributed by atoms with Crippen molar-refractivity contribution in [3.8, 4) is 22.9 Å². The lowest BCUT2D eigenvalue weighted by Crippen LogP contribution is -2.46. The van der Waals surface area contributed by atoms with Gasteiger partial charge in [0.2, 0.25) is 0 Å². The molecule has 3 aromatic rings. The monoisotopic (exact) mass is 762 g/mol. The van der Waals surface area contributed by atoms with Gasteiger partial charge in [0.1, 0.15) is 16.1 Å². The molecule has 3 aromatic carbocycles. The van der Waals surface area contributed by atoms with E-state index in [9.17, 15) is 20.4 Å². The zero-order valence-corrected chi connectivity index (χ0v) is 37.0. The van der Waals surface area contributed by atoms with Crippen LogP contribution in [0.25, 0.3) is 21.5 Å². The quantitative estimate of drug-likeness (QED) is 0.115. The standard InChI is InChI=1S/C48H66O4Si2/c1-25(2)53(26(3)4,27(5)6)19-17-31-37-21-41-33-13-15-35(47(51)45(33)49)43(41)23-39(37)32(18-20-54(28(7)8,29(9)10)30(11)12)40-24-44-36-16-14-34(46(50)48(36)52)42(44)22-38(31)40/h21-30,33-36,45-52H,13-16H2,1-12H3/t33-,34+,35+,36-,45+,46-,47-,48+. The summed E-state index contributed by atoms with van der Waals surface area (Å²) in [6, 6.07) is 9.32. The Labute approximate surface area is 327 Å². The molecular weight excluding hydrogens is 697 g/mol. The average molecular weight is 763 g/mol. The average Bonchev–Trinajstić information content (AvgIpc) is 3.10. The first kappa shape index (κ1) is 39.8. The van der Waals surface area contributed by atoms with Crippen molar-refractivity contribution in [2.45, 2.75) is 190 Å². The van der Waals surface area contributed by atoms with Gasteiger partial charge in [-0.2, -0.15) is 0 Å². The Morgan fingerprint density at radius 3 is 0.796 bits per heavy atom. The van der Waals surface area contributed by atoms with E-state index in [1.54, 1.807) is 0 Å². The summed E-state index contributed by atoms with van der Waals surface area (Å²) in [7, 11) is -4.26. The second kappa shape index (κ2) is 14.2. The van der Waals surface area contributed by atoms with Crippen LogP contribution < -0.4 is 0 Å². The summed E-state index contributed by atoms with van der Waals surface area (Å²) < 4.78 is 0. The lowest BCUT2D eigenvalue weighted by atomic mass is 9.62. The van der Waals surface area contributed by atoms with Crippen LogP contribution in [0.2, 0.25) is 33.2 Å². The molecule has 9 rings (SSSR count). The molecule has 8 atom stereocenters. The van der Waals surface area contributed by atoms with Gasteiger partial charge >= 0.3 is 0 Å². The van der Waals surface area contributed by atoms with Crippen LogP contribution in [-0.2, 0) is 0 Å². The number of aliphatic hydroxyl groups is 4. The molecule has 6 aliphatic rings. The van der Waals surface area contributed by atoms with E-state index in [4.69, 9.17) is 0 Å². The number of aliphatic hydroxyl groups excluding tert-OH is 4. The normalized spacial score (nSPS) is 27.7. The Morgan fingerprint density at radius 2 is 0.611 bits per heavy atom. The summed E-state index contributed by atoms with van der Waals surface area (Å²) >= 11 is 0. The summed E-state index contributed by atoms with van der Waals surface area (Å²) in [5, 5.41) is 49.6. The summed E-state index contributed by atoms with van der Waals surface area (Å²) in [5.41, 5.74) is 17.8. The Bertz CT molecular complexity index is 1800. The molecule has 54 heavy (non-hydrogen) atoms. The van der Waals surface area contributed by atoms with Crippen LogP contribution in [0, 0.1) is 22.9 Å². The smallest absolute Gasteiger partial charge is 0.146 e. The highest BCUT2D eigenvalue weighted by atomic mass is 28.3. The minimum atomic E-state index is -2.13. The predicted octanol–water partition coefficient (Wildman–Crippen LogP) is 10.5. The maximum atomic E-state index is 11.3. The van der Waals surface area contributed by atoms with Crippen LogP contribution in [-0.4, -0.2) is 61.0 Å².